The molecule has 0 heterocycles. The third kappa shape index (κ3) is 4.88. The van der Waals surface area contributed by atoms with Gasteiger partial charge in [-0.25, -0.2) is 4.99 Å². The Morgan fingerprint density at radius 3 is 2.29 bits per heavy atom. The molecule has 0 aliphatic heterocycles. The van der Waals surface area contributed by atoms with E-state index >= 15 is 0 Å². The fourth-order valence-corrected chi connectivity index (χ4v) is 1.89. The van der Waals surface area contributed by atoms with E-state index in [0.717, 1.165) is 10.2 Å². The topological polar surface area (TPSA) is 53.5 Å². The predicted molar refractivity (Wildman–Crippen MR) is 90.1 cm³/mol. The SMILES string of the molecule is CC(=O)C(=Nc1ccc(Br)cc1)NNc1ccc(Cl)cc1. The lowest BCUT2D eigenvalue weighted by atomic mass is 10.3. The van der Waals surface area contributed by atoms with Gasteiger partial charge in [0, 0.05) is 16.4 Å². The van der Waals surface area contributed by atoms with E-state index in [0.29, 0.717) is 10.7 Å². The highest BCUT2D eigenvalue weighted by Gasteiger charge is 2.05. The molecule has 0 saturated heterocycles. The van der Waals surface area contributed by atoms with Crippen molar-refractivity contribution in [2.75, 3.05) is 5.43 Å². The Labute approximate surface area is 136 Å². The van der Waals surface area contributed by atoms with Crippen LogP contribution >= 0.6 is 27.5 Å². The van der Waals surface area contributed by atoms with Gasteiger partial charge in [0.15, 0.2) is 11.6 Å². The Kier molecular flexibility index (Phi) is 5.36. The van der Waals surface area contributed by atoms with Gasteiger partial charge in [-0.2, -0.15) is 0 Å². The Morgan fingerprint density at radius 2 is 1.71 bits per heavy atom. The second-order valence-corrected chi connectivity index (χ2v) is 5.60. The van der Waals surface area contributed by atoms with E-state index < -0.39 is 0 Å². The first-order valence-corrected chi connectivity index (χ1v) is 7.34. The molecule has 0 aliphatic carbocycles. The molecule has 6 heteroatoms. The summed E-state index contributed by atoms with van der Waals surface area (Å²) in [4.78, 5) is 15.9. The van der Waals surface area contributed by atoms with Crippen LogP contribution in [0.5, 0.6) is 0 Å². The van der Waals surface area contributed by atoms with Crippen molar-refractivity contribution in [2.24, 2.45) is 4.99 Å². The molecule has 0 aliphatic rings. The lowest BCUT2D eigenvalue weighted by Crippen LogP contribution is -2.34. The lowest BCUT2D eigenvalue weighted by Gasteiger charge is -2.10. The molecule has 2 rings (SSSR count). The second kappa shape index (κ2) is 7.24. The van der Waals surface area contributed by atoms with Crippen molar-refractivity contribution in [3.63, 3.8) is 0 Å². The highest BCUT2D eigenvalue weighted by atomic mass is 79.9. The van der Waals surface area contributed by atoms with Gasteiger partial charge < -0.3 is 0 Å². The molecule has 0 bridgehead atoms. The number of carbonyl (C=O) groups excluding carboxylic acids is 1. The first-order valence-electron chi connectivity index (χ1n) is 6.17. The number of hydrogen-bond donors (Lipinski definition) is 2. The second-order valence-electron chi connectivity index (χ2n) is 4.25. The van der Waals surface area contributed by atoms with Crippen LogP contribution in [0.1, 0.15) is 6.92 Å². The van der Waals surface area contributed by atoms with Gasteiger partial charge in [-0.05, 0) is 48.5 Å². The minimum Gasteiger partial charge on any atom is -0.300 e. The molecule has 2 N–H and O–H groups in total. The molecule has 0 fully saturated rings. The van der Waals surface area contributed by atoms with E-state index in [9.17, 15) is 4.79 Å². The number of nitrogens with zero attached hydrogens (tertiary/aromatic N) is 1. The van der Waals surface area contributed by atoms with Crippen molar-refractivity contribution in [3.8, 4) is 0 Å². The van der Waals surface area contributed by atoms with E-state index in [2.05, 4.69) is 31.8 Å². The summed E-state index contributed by atoms with van der Waals surface area (Å²) >= 11 is 9.17. The van der Waals surface area contributed by atoms with Gasteiger partial charge in [0.05, 0.1) is 11.4 Å². The zero-order valence-corrected chi connectivity index (χ0v) is 13.6. The summed E-state index contributed by atoms with van der Waals surface area (Å²) in [7, 11) is 0. The Bertz CT molecular complexity index is 654. The zero-order valence-electron chi connectivity index (χ0n) is 11.2. The number of aliphatic imine (C=N–C) groups is 1. The number of amidine groups is 1. The summed E-state index contributed by atoms with van der Waals surface area (Å²) < 4.78 is 0.957. The van der Waals surface area contributed by atoms with Crippen molar-refractivity contribution < 1.29 is 4.79 Å². The molecule has 0 amide bonds. The number of carbonyl (C=O) groups is 1. The van der Waals surface area contributed by atoms with Gasteiger partial charge >= 0.3 is 0 Å². The molecule has 2 aromatic rings. The van der Waals surface area contributed by atoms with Gasteiger partial charge in [0.1, 0.15) is 0 Å². The number of anilines is 1. The average molecular weight is 367 g/mol. The van der Waals surface area contributed by atoms with Crippen LogP contribution < -0.4 is 10.9 Å². The molecule has 0 spiro atoms. The number of hydrogen-bond acceptors (Lipinski definition) is 3. The van der Waals surface area contributed by atoms with Crippen LogP contribution in [0.3, 0.4) is 0 Å². The molecule has 108 valence electrons. The summed E-state index contributed by atoms with van der Waals surface area (Å²) in [6, 6.07) is 14.5. The highest BCUT2D eigenvalue weighted by molar-refractivity contribution is 9.10. The monoisotopic (exact) mass is 365 g/mol. The molecule has 4 nitrogen and oxygen atoms in total. The van der Waals surface area contributed by atoms with Crippen molar-refractivity contribution >= 4 is 50.5 Å². The standard InChI is InChI=1S/C15H13BrClN3O/c1-10(21)15(18-13-6-2-11(16)3-7-13)20-19-14-8-4-12(17)5-9-14/h2-9,19H,1H3,(H,18,20). The molecule has 0 aromatic heterocycles. The van der Waals surface area contributed by atoms with E-state index in [-0.39, 0.29) is 11.6 Å². The van der Waals surface area contributed by atoms with Crippen molar-refractivity contribution in [1.29, 1.82) is 0 Å². The molecule has 0 unspecified atom stereocenters. The summed E-state index contributed by atoms with van der Waals surface area (Å²) in [6.45, 7) is 1.45. The van der Waals surface area contributed by atoms with E-state index in [1.807, 2.05) is 24.3 Å². The quantitative estimate of drug-likeness (QED) is 0.481. The van der Waals surface area contributed by atoms with Gasteiger partial charge in [0.25, 0.3) is 0 Å². The summed E-state index contributed by atoms with van der Waals surface area (Å²) in [5.41, 5.74) is 7.20. The Balaban J connectivity index is 2.10. The van der Waals surface area contributed by atoms with Gasteiger partial charge in [-0.3, -0.25) is 15.6 Å². The number of rotatable bonds is 4. The van der Waals surface area contributed by atoms with Crippen LogP contribution in [-0.2, 0) is 4.79 Å². The van der Waals surface area contributed by atoms with E-state index in [1.165, 1.54) is 6.92 Å². The van der Waals surface area contributed by atoms with Crippen molar-refractivity contribution in [1.82, 2.24) is 5.43 Å². The number of nitrogens with one attached hydrogen (secondary N) is 2. The molecule has 0 saturated carbocycles. The molecule has 21 heavy (non-hydrogen) atoms. The van der Waals surface area contributed by atoms with Gasteiger partial charge in [0.2, 0.25) is 0 Å². The van der Waals surface area contributed by atoms with Crippen LogP contribution in [-0.4, -0.2) is 11.6 Å². The predicted octanol–water partition coefficient (Wildman–Crippen LogP) is 4.34. The minimum absolute atomic E-state index is 0.167. The van der Waals surface area contributed by atoms with E-state index in [4.69, 9.17) is 11.6 Å². The number of hydrazine groups is 1. The van der Waals surface area contributed by atoms with Crippen LogP contribution in [0.2, 0.25) is 5.02 Å². The normalized spacial score (nSPS) is 11.1. The largest absolute Gasteiger partial charge is 0.300 e. The van der Waals surface area contributed by atoms with Crippen LogP contribution in [0, 0.1) is 0 Å². The van der Waals surface area contributed by atoms with Crippen LogP contribution in [0.15, 0.2) is 58.0 Å². The fourth-order valence-electron chi connectivity index (χ4n) is 1.50. The van der Waals surface area contributed by atoms with E-state index in [1.54, 1.807) is 24.3 Å². The van der Waals surface area contributed by atoms with Crippen LogP contribution in [0.25, 0.3) is 0 Å². The first kappa shape index (κ1) is 15.5. The molecule has 2 aromatic carbocycles. The Morgan fingerprint density at radius 1 is 1.10 bits per heavy atom. The number of ketones is 1. The maximum atomic E-state index is 11.6. The third-order valence-electron chi connectivity index (χ3n) is 2.57. The van der Waals surface area contributed by atoms with Gasteiger partial charge in [-0.1, -0.05) is 27.5 Å². The Hall–Kier alpha value is -1.85. The molecular weight excluding hydrogens is 354 g/mol. The maximum Gasteiger partial charge on any atom is 0.196 e. The van der Waals surface area contributed by atoms with Crippen molar-refractivity contribution in [3.05, 3.63) is 58.0 Å². The fraction of sp³-hybridized carbons (Fsp3) is 0.0667. The van der Waals surface area contributed by atoms with Gasteiger partial charge in [-0.15, -0.1) is 0 Å². The molecule has 0 atom stereocenters. The number of benzene rings is 2. The van der Waals surface area contributed by atoms with Crippen LogP contribution in [0.4, 0.5) is 11.4 Å². The summed E-state index contributed by atoms with van der Waals surface area (Å²) in [5.74, 6) is 0.0617. The smallest absolute Gasteiger partial charge is 0.196 e. The average Bonchev–Trinajstić information content (AvgIpc) is 2.47. The minimum atomic E-state index is -0.167. The maximum absolute atomic E-state index is 11.6. The molecule has 0 radical (unpaired) electrons. The zero-order chi connectivity index (χ0) is 15.2. The number of Topliss-reactive ketones (excluding diaryl/α,β-unsaturated/α-hetero) is 1. The highest BCUT2D eigenvalue weighted by Crippen LogP contribution is 2.17. The number of halogens is 2. The van der Waals surface area contributed by atoms with Crippen molar-refractivity contribution in [2.45, 2.75) is 6.92 Å². The third-order valence-corrected chi connectivity index (χ3v) is 3.35. The first-order chi connectivity index (χ1) is 10.0. The summed E-state index contributed by atoms with van der Waals surface area (Å²) in [6.07, 6.45) is 0. The lowest BCUT2D eigenvalue weighted by molar-refractivity contribution is -0.111. The molecular formula is C15H13BrClN3O. The summed E-state index contributed by atoms with van der Waals surface area (Å²) in [5, 5.41) is 0.649.